The molecule has 124 valence electrons. The molecule has 0 bridgehead atoms. The van der Waals surface area contributed by atoms with Crippen LogP contribution in [-0.2, 0) is 19.1 Å². The first-order valence-electron chi connectivity index (χ1n) is 7.92. The first kappa shape index (κ1) is 17.2. The maximum atomic E-state index is 12.3. The number of nitrogens with one attached hydrogen (secondary N) is 1. The molecule has 1 amide bonds. The van der Waals surface area contributed by atoms with Crippen molar-refractivity contribution in [1.82, 2.24) is 5.32 Å². The van der Waals surface area contributed by atoms with Crippen molar-refractivity contribution < 1.29 is 19.1 Å². The van der Waals surface area contributed by atoms with Crippen LogP contribution in [0.25, 0.3) is 0 Å². The fourth-order valence-electron chi connectivity index (χ4n) is 2.46. The monoisotopic (exact) mass is 317 g/mol. The van der Waals surface area contributed by atoms with Crippen molar-refractivity contribution in [3.63, 3.8) is 0 Å². The highest BCUT2D eigenvalue weighted by molar-refractivity contribution is 5.86. The van der Waals surface area contributed by atoms with E-state index in [4.69, 9.17) is 4.74 Å². The highest BCUT2D eigenvalue weighted by Gasteiger charge is 2.31. The third-order valence-electron chi connectivity index (χ3n) is 4.13. The van der Waals surface area contributed by atoms with E-state index < -0.39 is 11.5 Å². The SMILES string of the molecule is CC1(C)CCC(=O)CCC(=O)N[C@H](c2ccccc2)COC1=O. The Hall–Kier alpha value is -2.17. The number of ketones is 1. The smallest absolute Gasteiger partial charge is 0.311 e. The minimum atomic E-state index is -0.708. The van der Waals surface area contributed by atoms with Gasteiger partial charge >= 0.3 is 5.97 Å². The lowest BCUT2D eigenvalue weighted by molar-refractivity contribution is -0.156. The van der Waals surface area contributed by atoms with Gasteiger partial charge in [-0.2, -0.15) is 0 Å². The second kappa shape index (κ2) is 7.40. The summed E-state index contributed by atoms with van der Waals surface area (Å²) in [7, 11) is 0. The average molecular weight is 317 g/mol. The molecule has 1 atom stereocenters. The number of Topliss-reactive ketones (excluding diaryl/α,β-unsaturated/α-hetero) is 1. The molecule has 23 heavy (non-hydrogen) atoms. The van der Waals surface area contributed by atoms with Gasteiger partial charge in [0.05, 0.1) is 11.5 Å². The highest BCUT2D eigenvalue weighted by Crippen LogP contribution is 2.26. The molecule has 1 aliphatic rings. The molecular weight excluding hydrogens is 294 g/mol. The van der Waals surface area contributed by atoms with E-state index in [1.54, 1.807) is 13.8 Å². The van der Waals surface area contributed by atoms with Crippen molar-refractivity contribution in [2.45, 2.75) is 45.6 Å². The van der Waals surface area contributed by atoms with Crippen LogP contribution in [0.3, 0.4) is 0 Å². The highest BCUT2D eigenvalue weighted by atomic mass is 16.5. The van der Waals surface area contributed by atoms with Crippen LogP contribution >= 0.6 is 0 Å². The number of carbonyl (C=O) groups excluding carboxylic acids is 3. The molecule has 0 saturated carbocycles. The summed E-state index contributed by atoms with van der Waals surface area (Å²) in [5.74, 6) is -0.554. The first-order valence-corrected chi connectivity index (χ1v) is 7.92. The number of benzene rings is 1. The Balaban J connectivity index is 2.18. The molecule has 0 aromatic heterocycles. The Morgan fingerprint density at radius 1 is 1.04 bits per heavy atom. The standard InChI is InChI=1S/C18H23NO4/c1-18(2)11-10-14(20)8-9-16(21)19-15(12-23-17(18)22)13-6-4-3-5-7-13/h3-7,15H,8-12H2,1-2H3,(H,19,21)/t15-/m0/s1. The molecule has 1 aliphatic heterocycles. The zero-order valence-electron chi connectivity index (χ0n) is 13.6. The van der Waals surface area contributed by atoms with Crippen LogP contribution in [0.2, 0.25) is 0 Å². The predicted molar refractivity (Wildman–Crippen MR) is 85.5 cm³/mol. The number of rotatable bonds is 1. The van der Waals surface area contributed by atoms with E-state index in [1.165, 1.54) is 0 Å². The molecule has 1 heterocycles. The Morgan fingerprint density at radius 2 is 1.74 bits per heavy atom. The minimum absolute atomic E-state index is 0.00198. The summed E-state index contributed by atoms with van der Waals surface area (Å²) in [5.41, 5.74) is 0.162. The van der Waals surface area contributed by atoms with Gasteiger partial charge in [-0.05, 0) is 25.8 Å². The summed E-state index contributed by atoms with van der Waals surface area (Å²) in [5, 5.41) is 2.85. The molecule has 0 spiro atoms. The van der Waals surface area contributed by atoms with Crippen LogP contribution in [0.15, 0.2) is 30.3 Å². The van der Waals surface area contributed by atoms with Crippen LogP contribution < -0.4 is 5.32 Å². The van der Waals surface area contributed by atoms with E-state index in [0.29, 0.717) is 6.42 Å². The average Bonchev–Trinajstić information content (AvgIpc) is 2.54. The van der Waals surface area contributed by atoms with E-state index in [9.17, 15) is 14.4 Å². The summed E-state index contributed by atoms with van der Waals surface area (Å²) in [4.78, 5) is 36.2. The van der Waals surface area contributed by atoms with Gasteiger partial charge in [-0.15, -0.1) is 0 Å². The van der Waals surface area contributed by atoms with E-state index in [0.717, 1.165) is 5.56 Å². The van der Waals surface area contributed by atoms with Crippen molar-refractivity contribution in [2.75, 3.05) is 6.61 Å². The zero-order valence-corrected chi connectivity index (χ0v) is 13.6. The lowest BCUT2D eigenvalue weighted by atomic mass is 9.86. The zero-order chi connectivity index (χ0) is 16.9. The second-order valence-corrected chi connectivity index (χ2v) is 6.55. The van der Waals surface area contributed by atoms with Crippen molar-refractivity contribution in [3.8, 4) is 0 Å². The van der Waals surface area contributed by atoms with Gasteiger partial charge in [0.2, 0.25) is 5.91 Å². The normalized spacial score (nSPS) is 23.2. The third kappa shape index (κ3) is 4.91. The maximum absolute atomic E-state index is 12.3. The molecule has 1 saturated heterocycles. The lowest BCUT2D eigenvalue weighted by Crippen LogP contribution is -2.35. The second-order valence-electron chi connectivity index (χ2n) is 6.55. The fourth-order valence-corrected chi connectivity index (χ4v) is 2.46. The molecule has 0 unspecified atom stereocenters. The van der Waals surface area contributed by atoms with Gasteiger partial charge in [0.1, 0.15) is 12.4 Å². The molecule has 2 rings (SSSR count). The lowest BCUT2D eigenvalue weighted by Gasteiger charge is -2.26. The quantitative estimate of drug-likeness (QED) is 0.808. The number of hydrogen-bond donors (Lipinski definition) is 1. The first-order chi connectivity index (χ1) is 10.9. The van der Waals surface area contributed by atoms with Crippen LogP contribution in [0, 0.1) is 5.41 Å². The molecule has 0 aliphatic carbocycles. The minimum Gasteiger partial charge on any atom is -0.463 e. The molecular formula is C18H23NO4. The molecule has 5 heteroatoms. The van der Waals surface area contributed by atoms with Gasteiger partial charge in [0, 0.05) is 19.3 Å². The summed E-state index contributed by atoms with van der Waals surface area (Å²) < 4.78 is 5.42. The van der Waals surface area contributed by atoms with Gasteiger partial charge in [0.25, 0.3) is 0 Å². The van der Waals surface area contributed by atoms with E-state index >= 15 is 0 Å². The number of carbonyl (C=O) groups is 3. The molecule has 5 nitrogen and oxygen atoms in total. The summed E-state index contributed by atoms with van der Waals surface area (Å²) in [6.07, 6.45) is 1.09. The van der Waals surface area contributed by atoms with Crippen LogP contribution in [0.5, 0.6) is 0 Å². The van der Waals surface area contributed by atoms with E-state index in [-0.39, 0.29) is 43.5 Å². The largest absolute Gasteiger partial charge is 0.463 e. The fraction of sp³-hybridized carbons (Fsp3) is 0.500. The van der Waals surface area contributed by atoms with Crippen LogP contribution in [-0.4, -0.2) is 24.3 Å². The third-order valence-corrected chi connectivity index (χ3v) is 4.13. The number of esters is 1. The number of ether oxygens (including phenoxy) is 1. The van der Waals surface area contributed by atoms with E-state index in [2.05, 4.69) is 5.32 Å². The van der Waals surface area contributed by atoms with Crippen molar-refractivity contribution in [3.05, 3.63) is 35.9 Å². The molecule has 1 N–H and O–H groups in total. The predicted octanol–water partition coefficient (Wildman–Crippen LogP) is 2.56. The number of hydrogen-bond acceptors (Lipinski definition) is 4. The molecule has 0 radical (unpaired) electrons. The van der Waals surface area contributed by atoms with Gasteiger partial charge in [-0.3, -0.25) is 14.4 Å². The Kier molecular flexibility index (Phi) is 5.53. The topological polar surface area (TPSA) is 72.5 Å². The van der Waals surface area contributed by atoms with Crippen molar-refractivity contribution >= 4 is 17.7 Å². The molecule has 1 aromatic carbocycles. The summed E-state index contributed by atoms with van der Waals surface area (Å²) in [6.45, 7) is 3.65. The van der Waals surface area contributed by atoms with Gasteiger partial charge in [0.15, 0.2) is 0 Å². The Labute approximate surface area is 136 Å². The molecule has 1 aromatic rings. The number of cyclic esters (lactones) is 1. The Morgan fingerprint density at radius 3 is 2.43 bits per heavy atom. The molecule has 1 fully saturated rings. The maximum Gasteiger partial charge on any atom is 0.311 e. The number of amides is 1. The van der Waals surface area contributed by atoms with Crippen molar-refractivity contribution in [2.24, 2.45) is 5.41 Å². The van der Waals surface area contributed by atoms with Gasteiger partial charge in [-0.1, -0.05) is 30.3 Å². The van der Waals surface area contributed by atoms with Gasteiger partial charge < -0.3 is 10.1 Å². The van der Waals surface area contributed by atoms with Crippen molar-refractivity contribution in [1.29, 1.82) is 0 Å². The van der Waals surface area contributed by atoms with Gasteiger partial charge in [-0.25, -0.2) is 0 Å². The van der Waals surface area contributed by atoms with Crippen LogP contribution in [0.1, 0.15) is 51.1 Å². The summed E-state index contributed by atoms with van der Waals surface area (Å²) >= 11 is 0. The van der Waals surface area contributed by atoms with Crippen LogP contribution in [0.4, 0.5) is 0 Å². The Bertz CT molecular complexity index is 580. The summed E-state index contributed by atoms with van der Waals surface area (Å²) in [6, 6.07) is 8.97. The van der Waals surface area contributed by atoms with E-state index in [1.807, 2.05) is 30.3 Å².